The summed E-state index contributed by atoms with van der Waals surface area (Å²) in [6.07, 6.45) is 1.94. The fourth-order valence-corrected chi connectivity index (χ4v) is 4.44. The molecule has 8 nitrogen and oxygen atoms in total. The molecule has 0 aliphatic rings. The van der Waals surface area contributed by atoms with Crippen molar-refractivity contribution in [2.24, 2.45) is 0 Å². The highest BCUT2D eigenvalue weighted by molar-refractivity contribution is 5.86. The van der Waals surface area contributed by atoms with E-state index < -0.39 is 0 Å². The van der Waals surface area contributed by atoms with Crippen LogP contribution in [0.5, 0.6) is 11.5 Å². The van der Waals surface area contributed by atoms with Gasteiger partial charge in [-0.25, -0.2) is 9.97 Å². The molecule has 3 aromatic carbocycles. The topological polar surface area (TPSA) is 82.3 Å². The number of imidazole rings is 2. The standard InChI is InChI=1S/C30H36N6O2/c1-35(2)17-7-19-37-25-11-5-9-23-27(25)33-29(31-23)21-13-15-22(16-14-21)30-32-24-10-6-12-26(28(24)34-30)38-20-8-18-36(3)4/h5-6,9-16H,7-8,17-20H2,1-4H3,(H,31,33)(H,32,34). The molecule has 0 amide bonds. The third-order valence-corrected chi connectivity index (χ3v) is 6.41. The summed E-state index contributed by atoms with van der Waals surface area (Å²) in [5, 5.41) is 0. The second-order valence-electron chi connectivity index (χ2n) is 10.1. The maximum Gasteiger partial charge on any atom is 0.145 e. The van der Waals surface area contributed by atoms with E-state index >= 15 is 0 Å². The first-order valence-electron chi connectivity index (χ1n) is 13.1. The number of hydrogen-bond donors (Lipinski definition) is 2. The van der Waals surface area contributed by atoms with Crippen LogP contribution in [0.4, 0.5) is 0 Å². The molecule has 5 aromatic rings. The van der Waals surface area contributed by atoms with Crippen molar-refractivity contribution in [1.29, 1.82) is 0 Å². The number of benzene rings is 3. The lowest BCUT2D eigenvalue weighted by Crippen LogP contribution is -2.15. The molecule has 38 heavy (non-hydrogen) atoms. The molecule has 0 unspecified atom stereocenters. The maximum atomic E-state index is 6.05. The molecule has 0 saturated heterocycles. The fourth-order valence-electron chi connectivity index (χ4n) is 4.44. The average Bonchev–Trinajstić information content (AvgIpc) is 3.54. The molecule has 8 heteroatoms. The van der Waals surface area contributed by atoms with Crippen LogP contribution in [0.15, 0.2) is 60.7 Å². The fraction of sp³-hybridized carbons (Fsp3) is 0.333. The van der Waals surface area contributed by atoms with E-state index in [1.807, 2.05) is 36.4 Å². The van der Waals surface area contributed by atoms with Crippen LogP contribution in [-0.2, 0) is 0 Å². The summed E-state index contributed by atoms with van der Waals surface area (Å²) in [6.45, 7) is 3.32. The molecule has 0 saturated carbocycles. The number of fused-ring (bicyclic) bond motifs is 2. The number of aromatic nitrogens is 4. The molecule has 0 atom stereocenters. The van der Waals surface area contributed by atoms with Crippen LogP contribution < -0.4 is 9.47 Å². The van der Waals surface area contributed by atoms with Crippen molar-refractivity contribution < 1.29 is 9.47 Å². The minimum Gasteiger partial charge on any atom is -0.491 e. The van der Waals surface area contributed by atoms with Crippen LogP contribution in [-0.4, -0.2) is 84.2 Å². The van der Waals surface area contributed by atoms with Gasteiger partial charge in [0.05, 0.1) is 24.2 Å². The van der Waals surface area contributed by atoms with Gasteiger partial charge in [0.25, 0.3) is 0 Å². The van der Waals surface area contributed by atoms with Crippen molar-refractivity contribution in [3.63, 3.8) is 0 Å². The van der Waals surface area contributed by atoms with Gasteiger partial charge in [-0.15, -0.1) is 0 Å². The lowest BCUT2D eigenvalue weighted by Gasteiger charge is -2.10. The maximum absolute atomic E-state index is 6.05. The van der Waals surface area contributed by atoms with Gasteiger partial charge in [0.15, 0.2) is 0 Å². The minimum absolute atomic E-state index is 0.667. The predicted molar refractivity (Wildman–Crippen MR) is 154 cm³/mol. The third kappa shape index (κ3) is 5.98. The number of nitrogens with zero attached hydrogens (tertiary/aromatic N) is 4. The predicted octanol–water partition coefficient (Wildman–Crippen LogP) is 5.43. The highest BCUT2D eigenvalue weighted by Crippen LogP contribution is 2.30. The Hall–Kier alpha value is -3.88. The van der Waals surface area contributed by atoms with Crippen molar-refractivity contribution in [3.05, 3.63) is 60.7 Å². The third-order valence-electron chi connectivity index (χ3n) is 6.41. The Morgan fingerprint density at radius 1 is 0.605 bits per heavy atom. The Morgan fingerprint density at radius 2 is 1.03 bits per heavy atom. The molecule has 0 spiro atoms. The van der Waals surface area contributed by atoms with E-state index in [0.29, 0.717) is 13.2 Å². The summed E-state index contributed by atoms with van der Waals surface area (Å²) < 4.78 is 12.1. The van der Waals surface area contributed by atoms with Crippen LogP contribution in [0.25, 0.3) is 44.8 Å². The van der Waals surface area contributed by atoms with Gasteiger partial charge < -0.3 is 29.2 Å². The number of aromatic amines is 2. The van der Waals surface area contributed by atoms with Crippen LogP contribution in [0.2, 0.25) is 0 Å². The van der Waals surface area contributed by atoms with Crippen molar-refractivity contribution in [3.8, 4) is 34.3 Å². The Kier molecular flexibility index (Phi) is 7.91. The zero-order valence-corrected chi connectivity index (χ0v) is 22.6. The lowest BCUT2D eigenvalue weighted by molar-refractivity contribution is 0.284. The largest absolute Gasteiger partial charge is 0.491 e. The van der Waals surface area contributed by atoms with Gasteiger partial charge in [0, 0.05) is 24.2 Å². The van der Waals surface area contributed by atoms with Crippen LogP contribution in [0.3, 0.4) is 0 Å². The van der Waals surface area contributed by atoms with E-state index in [0.717, 1.165) is 82.3 Å². The number of rotatable bonds is 12. The summed E-state index contributed by atoms with van der Waals surface area (Å²) in [7, 11) is 8.28. The van der Waals surface area contributed by atoms with Crippen LogP contribution in [0.1, 0.15) is 12.8 Å². The van der Waals surface area contributed by atoms with Gasteiger partial charge in [-0.05, 0) is 65.3 Å². The quantitative estimate of drug-likeness (QED) is 0.217. The Balaban J connectivity index is 1.32. The van der Waals surface area contributed by atoms with Gasteiger partial charge >= 0.3 is 0 Å². The number of para-hydroxylation sites is 2. The molecular formula is C30H36N6O2. The first kappa shape index (κ1) is 25.8. The molecule has 5 rings (SSSR count). The van der Waals surface area contributed by atoms with Gasteiger partial charge in [-0.2, -0.15) is 0 Å². The Bertz CT molecular complexity index is 1370. The Labute approximate surface area is 223 Å². The van der Waals surface area contributed by atoms with Crippen LogP contribution >= 0.6 is 0 Å². The number of nitrogens with one attached hydrogen (secondary N) is 2. The number of hydrogen-bond acceptors (Lipinski definition) is 6. The summed E-state index contributed by atoms with van der Waals surface area (Å²) >= 11 is 0. The second-order valence-corrected chi connectivity index (χ2v) is 10.1. The van der Waals surface area contributed by atoms with E-state index in [9.17, 15) is 0 Å². The van der Waals surface area contributed by atoms with Gasteiger partial charge in [-0.1, -0.05) is 36.4 Å². The first-order valence-corrected chi connectivity index (χ1v) is 13.1. The van der Waals surface area contributed by atoms with Crippen LogP contribution in [0, 0.1) is 0 Å². The second kappa shape index (κ2) is 11.7. The average molecular weight is 513 g/mol. The molecule has 0 aliphatic heterocycles. The van der Waals surface area contributed by atoms with Gasteiger partial charge in [0.2, 0.25) is 0 Å². The molecule has 0 radical (unpaired) electrons. The van der Waals surface area contributed by atoms with Crippen molar-refractivity contribution in [1.82, 2.24) is 29.7 Å². The van der Waals surface area contributed by atoms with E-state index in [1.165, 1.54) is 0 Å². The molecule has 2 N–H and O–H groups in total. The van der Waals surface area contributed by atoms with E-state index in [-0.39, 0.29) is 0 Å². The molecule has 2 aromatic heterocycles. The van der Waals surface area contributed by atoms with E-state index in [4.69, 9.17) is 19.4 Å². The minimum atomic E-state index is 0.667. The smallest absolute Gasteiger partial charge is 0.145 e. The monoisotopic (exact) mass is 512 g/mol. The zero-order valence-electron chi connectivity index (χ0n) is 22.6. The summed E-state index contributed by atoms with van der Waals surface area (Å²) in [4.78, 5) is 20.9. The summed E-state index contributed by atoms with van der Waals surface area (Å²) in [6, 6.07) is 20.2. The van der Waals surface area contributed by atoms with Crippen molar-refractivity contribution in [2.75, 3.05) is 54.5 Å². The summed E-state index contributed by atoms with van der Waals surface area (Å²) in [5.41, 5.74) is 5.64. The highest BCUT2D eigenvalue weighted by atomic mass is 16.5. The zero-order chi connectivity index (χ0) is 26.5. The van der Waals surface area contributed by atoms with E-state index in [2.05, 4.69) is 72.2 Å². The molecular weight excluding hydrogens is 476 g/mol. The number of ether oxygens (including phenoxy) is 2. The van der Waals surface area contributed by atoms with Crippen molar-refractivity contribution in [2.45, 2.75) is 12.8 Å². The lowest BCUT2D eigenvalue weighted by atomic mass is 10.1. The number of H-pyrrole nitrogens is 2. The summed E-state index contributed by atoms with van der Waals surface area (Å²) in [5.74, 6) is 3.29. The molecule has 0 aliphatic carbocycles. The molecule has 2 heterocycles. The van der Waals surface area contributed by atoms with E-state index in [1.54, 1.807) is 0 Å². The first-order chi connectivity index (χ1) is 18.5. The van der Waals surface area contributed by atoms with Gasteiger partial charge in [-0.3, -0.25) is 0 Å². The Morgan fingerprint density at radius 3 is 1.42 bits per heavy atom. The SMILES string of the molecule is CN(C)CCCOc1cccc2nc(-c3ccc(-c4nc5cccc(OCCCN(C)C)c5[nH]4)cc3)[nH]c12. The molecule has 198 valence electrons. The highest BCUT2D eigenvalue weighted by Gasteiger charge is 2.13. The normalized spacial score (nSPS) is 11.7. The molecule has 0 bridgehead atoms. The van der Waals surface area contributed by atoms with Crippen molar-refractivity contribution >= 4 is 22.1 Å². The molecule has 0 fully saturated rings. The van der Waals surface area contributed by atoms with Gasteiger partial charge in [0.1, 0.15) is 34.2 Å².